The molecule has 4 nitrogen and oxygen atoms in total. The van der Waals surface area contributed by atoms with E-state index in [0.29, 0.717) is 0 Å². The largest absolute Gasteiger partial charge is 0.481 e. The first-order valence-corrected chi connectivity index (χ1v) is 5.65. The molecule has 0 heterocycles. The number of halogens is 1. The number of ether oxygens (including phenoxy) is 1. The Morgan fingerprint density at radius 2 is 2.00 bits per heavy atom. The van der Waals surface area contributed by atoms with Gasteiger partial charge in [-0.15, -0.1) is 0 Å². The van der Waals surface area contributed by atoms with Gasteiger partial charge in [0.25, 0.3) is 0 Å². The van der Waals surface area contributed by atoms with Gasteiger partial charge in [0.05, 0.1) is 5.92 Å². The van der Waals surface area contributed by atoms with E-state index < -0.39 is 35.0 Å². The third kappa shape index (κ3) is 2.33. The monoisotopic (exact) mass is 242 g/mol. The number of carbonyl (C=O) groups excluding carboxylic acids is 1. The smallest absolute Gasteiger partial charge is 0.367 e. The molecule has 17 heavy (non-hydrogen) atoms. The second-order valence-electron chi connectivity index (χ2n) is 5.28. The van der Waals surface area contributed by atoms with Gasteiger partial charge in [0.1, 0.15) is 6.10 Å². The SMILES string of the molecule is CC1(C)C(/C=C(/F)C(=O)OC2CC2)C1C(=O)O. The highest BCUT2D eigenvalue weighted by molar-refractivity contribution is 5.87. The van der Waals surface area contributed by atoms with Gasteiger partial charge in [0.2, 0.25) is 5.83 Å². The van der Waals surface area contributed by atoms with E-state index in [9.17, 15) is 14.0 Å². The van der Waals surface area contributed by atoms with Crippen LogP contribution in [0.1, 0.15) is 26.7 Å². The fourth-order valence-corrected chi connectivity index (χ4v) is 2.08. The molecule has 2 unspecified atom stereocenters. The van der Waals surface area contributed by atoms with Gasteiger partial charge in [0.15, 0.2) is 0 Å². The second-order valence-corrected chi connectivity index (χ2v) is 5.28. The normalized spacial score (nSPS) is 30.9. The van der Waals surface area contributed by atoms with E-state index in [4.69, 9.17) is 9.84 Å². The van der Waals surface area contributed by atoms with Gasteiger partial charge in [-0.25, -0.2) is 4.79 Å². The van der Waals surface area contributed by atoms with Crippen LogP contribution in [-0.4, -0.2) is 23.1 Å². The van der Waals surface area contributed by atoms with Crippen molar-refractivity contribution in [2.75, 3.05) is 0 Å². The van der Waals surface area contributed by atoms with Crippen molar-refractivity contribution in [2.24, 2.45) is 17.3 Å². The summed E-state index contributed by atoms with van der Waals surface area (Å²) < 4.78 is 18.2. The van der Waals surface area contributed by atoms with Crippen LogP contribution in [0.2, 0.25) is 0 Å². The molecule has 0 aliphatic heterocycles. The predicted octanol–water partition coefficient (Wildman–Crippen LogP) is 1.90. The molecule has 0 aromatic heterocycles. The highest BCUT2D eigenvalue weighted by Crippen LogP contribution is 2.59. The van der Waals surface area contributed by atoms with Gasteiger partial charge in [0, 0.05) is 0 Å². The van der Waals surface area contributed by atoms with E-state index in [2.05, 4.69) is 0 Å². The minimum Gasteiger partial charge on any atom is -0.481 e. The molecule has 0 saturated heterocycles. The van der Waals surface area contributed by atoms with Gasteiger partial charge >= 0.3 is 11.9 Å². The van der Waals surface area contributed by atoms with Crippen molar-refractivity contribution in [3.63, 3.8) is 0 Å². The van der Waals surface area contributed by atoms with Gasteiger partial charge in [-0.2, -0.15) is 4.39 Å². The van der Waals surface area contributed by atoms with Crippen LogP contribution < -0.4 is 0 Å². The van der Waals surface area contributed by atoms with Crippen molar-refractivity contribution in [3.8, 4) is 0 Å². The van der Waals surface area contributed by atoms with Crippen molar-refractivity contribution >= 4 is 11.9 Å². The molecule has 2 aliphatic rings. The van der Waals surface area contributed by atoms with Gasteiger partial charge in [-0.3, -0.25) is 4.79 Å². The number of hydrogen-bond donors (Lipinski definition) is 1. The quantitative estimate of drug-likeness (QED) is 0.604. The summed E-state index contributed by atoms with van der Waals surface area (Å²) in [5, 5.41) is 8.90. The minimum atomic E-state index is -0.973. The molecule has 2 aliphatic carbocycles. The van der Waals surface area contributed by atoms with E-state index >= 15 is 0 Å². The lowest BCUT2D eigenvalue weighted by atomic mass is 10.1. The Morgan fingerprint density at radius 3 is 2.41 bits per heavy atom. The molecule has 1 N–H and O–H groups in total. The van der Waals surface area contributed by atoms with Crippen molar-refractivity contribution in [2.45, 2.75) is 32.8 Å². The summed E-state index contributed by atoms with van der Waals surface area (Å²) in [5.74, 6) is -3.97. The molecule has 0 amide bonds. The predicted molar refractivity (Wildman–Crippen MR) is 56.7 cm³/mol. The van der Waals surface area contributed by atoms with Crippen LogP contribution >= 0.6 is 0 Å². The molecule has 2 rings (SSSR count). The van der Waals surface area contributed by atoms with Crippen LogP contribution in [0.4, 0.5) is 4.39 Å². The molecule has 2 atom stereocenters. The van der Waals surface area contributed by atoms with E-state index in [0.717, 1.165) is 18.9 Å². The maximum Gasteiger partial charge on any atom is 0.367 e. The number of allylic oxidation sites excluding steroid dienone is 1. The lowest BCUT2D eigenvalue weighted by Crippen LogP contribution is -2.07. The Labute approximate surface area is 98.4 Å². The van der Waals surface area contributed by atoms with Gasteiger partial charge in [-0.1, -0.05) is 13.8 Å². The number of esters is 1. The number of carboxylic acids is 1. The van der Waals surface area contributed by atoms with E-state index in [1.807, 2.05) is 0 Å². The molecule has 0 spiro atoms. The Morgan fingerprint density at radius 1 is 1.41 bits per heavy atom. The van der Waals surface area contributed by atoms with Crippen LogP contribution in [0, 0.1) is 17.3 Å². The molecule has 2 saturated carbocycles. The average molecular weight is 242 g/mol. The molecule has 0 aromatic carbocycles. The van der Waals surface area contributed by atoms with Crippen LogP contribution in [0.5, 0.6) is 0 Å². The minimum absolute atomic E-state index is 0.149. The molecule has 0 aromatic rings. The van der Waals surface area contributed by atoms with Gasteiger partial charge < -0.3 is 9.84 Å². The number of rotatable bonds is 4. The standard InChI is InChI=1S/C12H15FO4/c1-12(2)7(9(12)10(14)15)5-8(13)11(16)17-6-3-4-6/h5-7,9H,3-4H2,1-2H3,(H,14,15)/b8-5+. The fraction of sp³-hybridized carbons (Fsp3) is 0.667. The van der Waals surface area contributed by atoms with Crippen molar-refractivity contribution in [3.05, 3.63) is 11.9 Å². The molecule has 94 valence electrons. The first kappa shape index (κ1) is 12.1. The van der Waals surface area contributed by atoms with Crippen LogP contribution in [-0.2, 0) is 14.3 Å². The molecule has 0 bridgehead atoms. The zero-order chi connectivity index (χ0) is 12.8. The summed E-state index contributed by atoms with van der Waals surface area (Å²) >= 11 is 0. The Hall–Kier alpha value is -1.39. The van der Waals surface area contributed by atoms with E-state index in [1.165, 1.54) is 0 Å². The zero-order valence-electron chi connectivity index (χ0n) is 9.77. The zero-order valence-corrected chi connectivity index (χ0v) is 9.77. The lowest BCUT2D eigenvalue weighted by Gasteiger charge is -2.00. The summed E-state index contributed by atoms with van der Waals surface area (Å²) in [6.45, 7) is 3.49. The van der Waals surface area contributed by atoms with Crippen molar-refractivity contribution < 1.29 is 23.8 Å². The van der Waals surface area contributed by atoms with Crippen LogP contribution in [0.3, 0.4) is 0 Å². The molecular formula is C12H15FO4. The van der Waals surface area contributed by atoms with E-state index in [1.54, 1.807) is 13.8 Å². The summed E-state index contributed by atoms with van der Waals surface area (Å²) in [6, 6.07) is 0. The number of carbonyl (C=O) groups is 2. The molecule has 5 heteroatoms. The summed E-state index contributed by atoms with van der Waals surface area (Å²) in [5.41, 5.74) is -0.497. The second kappa shape index (κ2) is 3.82. The lowest BCUT2D eigenvalue weighted by molar-refractivity contribution is -0.142. The van der Waals surface area contributed by atoms with Crippen molar-refractivity contribution in [1.29, 1.82) is 0 Å². The Bertz CT molecular complexity index is 395. The molecular weight excluding hydrogens is 227 g/mol. The Balaban J connectivity index is 1.99. The maximum absolute atomic E-state index is 13.4. The first-order valence-electron chi connectivity index (χ1n) is 5.65. The summed E-state index contributed by atoms with van der Waals surface area (Å²) in [7, 11) is 0. The fourth-order valence-electron chi connectivity index (χ4n) is 2.08. The number of hydrogen-bond acceptors (Lipinski definition) is 3. The number of aliphatic carboxylic acids is 1. The van der Waals surface area contributed by atoms with Gasteiger partial charge in [-0.05, 0) is 30.3 Å². The highest BCUT2D eigenvalue weighted by atomic mass is 19.1. The van der Waals surface area contributed by atoms with Crippen LogP contribution in [0.15, 0.2) is 11.9 Å². The average Bonchev–Trinajstić information content (AvgIpc) is 3.06. The molecule has 2 fully saturated rings. The Kier molecular flexibility index (Phi) is 2.72. The molecule has 0 radical (unpaired) electrons. The maximum atomic E-state index is 13.4. The third-order valence-electron chi connectivity index (χ3n) is 3.50. The summed E-state index contributed by atoms with van der Waals surface area (Å²) in [6.07, 6.45) is 2.50. The number of carboxylic acid groups (broad SMARTS) is 1. The van der Waals surface area contributed by atoms with Crippen LogP contribution in [0.25, 0.3) is 0 Å². The summed E-state index contributed by atoms with van der Waals surface area (Å²) in [4.78, 5) is 22.1. The first-order chi connectivity index (χ1) is 7.84. The van der Waals surface area contributed by atoms with Crippen molar-refractivity contribution in [1.82, 2.24) is 0 Å². The van der Waals surface area contributed by atoms with E-state index in [-0.39, 0.29) is 6.10 Å². The third-order valence-corrected chi connectivity index (χ3v) is 3.50. The highest BCUT2D eigenvalue weighted by Gasteiger charge is 2.61. The topological polar surface area (TPSA) is 63.6 Å².